The number of aromatic amines is 2. The molecule has 0 aliphatic rings. The summed E-state index contributed by atoms with van der Waals surface area (Å²) in [6, 6.07) is 26.6. The summed E-state index contributed by atoms with van der Waals surface area (Å²) in [6.07, 6.45) is 3.83. The number of H-pyrrole nitrogens is 2. The van der Waals surface area contributed by atoms with Crippen molar-refractivity contribution in [1.29, 1.82) is 0 Å². The first-order valence-electron chi connectivity index (χ1n) is 15.0. The zero-order chi connectivity index (χ0) is 31.5. The van der Waals surface area contributed by atoms with Crippen molar-refractivity contribution in [2.24, 2.45) is 0 Å². The van der Waals surface area contributed by atoms with Crippen LogP contribution in [0.25, 0.3) is 66.1 Å². The Hall–Kier alpha value is -5.53. The molecule has 1 amide bonds. The third kappa shape index (κ3) is 4.51. The number of para-hydroxylation sites is 1. The molecule has 6 nitrogen and oxygen atoms in total. The Labute approximate surface area is 268 Å². The van der Waals surface area contributed by atoms with E-state index in [4.69, 9.17) is 21.6 Å². The highest BCUT2D eigenvalue weighted by Crippen LogP contribution is 2.34. The average molecular weight is 624 g/mol. The van der Waals surface area contributed by atoms with Crippen molar-refractivity contribution in [2.75, 3.05) is 0 Å². The van der Waals surface area contributed by atoms with Gasteiger partial charge in [-0.1, -0.05) is 48.0 Å². The van der Waals surface area contributed by atoms with Crippen molar-refractivity contribution in [3.05, 3.63) is 130 Å². The van der Waals surface area contributed by atoms with E-state index in [0.29, 0.717) is 21.7 Å². The Bertz CT molecular complexity index is 2510. The molecule has 0 saturated carbocycles. The highest BCUT2D eigenvalue weighted by Gasteiger charge is 2.17. The van der Waals surface area contributed by atoms with Crippen molar-refractivity contribution >= 4 is 61.1 Å². The van der Waals surface area contributed by atoms with Crippen LogP contribution in [0, 0.1) is 19.7 Å². The highest BCUT2D eigenvalue weighted by molar-refractivity contribution is 6.35. The molecule has 4 aromatic carbocycles. The minimum atomic E-state index is -0.257. The van der Waals surface area contributed by atoms with Gasteiger partial charge in [-0.3, -0.25) is 4.79 Å². The Balaban J connectivity index is 1.08. The van der Waals surface area contributed by atoms with E-state index in [1.165, 1.54) is 11.6 Å². The first kappa shape index (κ1) is 28.0. The number of fused-ring (bicyclic) bond motifs is 4. The van der Waals surface area contributed by atoms with Crippen LogP contribution < -0.4 is 5.32 Å². The summed E-state index contributed by atoms with van der Waals surface area (Å²) in [4.78, 5) is 29.9. The van der Waals surface area contributed by atoms with Crippen molar-refractivity contribution in [3.8, 4) is 22.5 Å². The SMILES string of the molecule is Cc1cccc2c(-c3ccc4c(C(=O)NCc5ccc(Cl)c6nc(-c7c[nH]c8c(C)c(F)ccc78)ccc56)cccc4n3)c[nH]c12. The Morgan fingerprint density at radius 3 is 2.28 bits per heavy atom. The first-order chi connectivity index (χ1) is 22.4. The van der Waals surface area contributed by atoms with Gasteiger partial charge in [-0.05, 0) is 73.5 Å². The lowest BCUT2D eigenvalue weighted by molar-refractivity contribution is 0.0952. The van der Waals surface area contributed by atoms with Crippen LogP contribution >= 0.6 is 11.6 Å². The van der Waals surface area contributed by atoms with Crippen LogP contribution in [0.4, 0.5) is 4.39 Å². The number of hydrogen-bond donors (Lipinski definition) is 3. The molecule has 0 unspecified atom stereocenters. The van der Waals surface area contributed by atoms with Gasteiger partial charge in [0.15, 0.2) is 0 Å². The lowest BCUT2D eigenvalue weighted by Gasteiger charge is -2.12. The maximum atomic E-state index is 14.1. The number of aryl methyl sites for hydroxylation is 2. The number of benzene rings is 4. The molecule has 0 bridgehead atoms. The van der Waals surface area contributed by atoms with Gasteiger partial charge in [-0.25, -0.2) is 14.4 Å². The quantitative estimate of drug-likeness (QED) is 0.178. The third-order valence-electron chi connectivity index (χ3n) is 8.84. The van der Waals surface area contributed by atoms with Crippen LogP contribution in [0.5, 0.6) is 0 Å². The minimum Gasteiger partial charge on any atom is -0.360 e. The van der Waals surface area contributed by atoms with Crippen molar-refractivity contribution in [1.82, 2.24) is 25.3 Å². The number of nitrogens with one attached hydrogen (secondary N) is 3. The zero-order valence-electron chi connectivity index (χ0n) is 25.0. The van der Waals surface area contributed by atoms with E-state index in [2.05, 4.69) is 34.3 Å². The minimum absolute atomic E-state index is 0.197. The van der Waals surface area contributed by atoms with E-state index < -0.39 is 0 Å². The molecule has 8 rings (SSSR count). The van der Waals surface area contributed by atoms with Gasteiger partial charge in [-0.15, -0.1) is 0 Å². The molecule has 8 aromatic rings. The molecule has 0 saturated heterocycles. The van der Waals surface area contributed by atoms with Gasteiger partial charge in [0.2, 0.25) is 0 Å². The molecule has 4 aromatic heterocycles. The summed E-state index contributed by atoms with van der Waals surface area (Å²) in [7, 11) is 0. The summed E-state index contributed by atoms with van der Waals surface area (Å²) in [6.45, 7) is 4.12. The van der Waals surface area contributed by atoms with Gasteiger partial charge < -0.3 is 15.3 Å². The monoisotopic (exact) mass is 623 g/mol. The van der Waals surface area contributed by atoms with E-state index in [-0.39, 0.29) is 18.3 Å². The molecular weight excluding hydrogens is 597 g/mol. The van der Waals surface area contributed by atoms with Gasteiger partial charge >= 0.3 is 0 Å². The fourth-order valence-corrected chi connectivity index (χ4v) is 6.58. The molecule has 0 aliphatic heterocycles. The first-order valence-corrected chi connectivity index (χ1v) is 15.3. The molecule has 0 radical (unpaired) electrons. The summed E-state index contributed by atoms with van der Waals surface area (Å²) >= 11 is 6.62. The number of amides is 1. The predicted molar refractivity (Wildman–Crippen MR) is 184 cm³/mol. The van der Waals surface area contributed by atoms with Crippen LogP contribution in [-0.2, 0) is 6.54 Å². The summed E-state index contributed by atoms with van der Waals surface area (Å²) in [5, 5.41) is 7.22. The maximum absolute atomic E-state index is 14.1. The van der Waals surface area contributed by atoms with E-state index in [1.54, 1.807) is 19.1 Å². The lowest BCUT2D eigenvalue weighted by Crippen LogP contribution is -2.23. The lowest BCUT2D eigenvalue weighted by atomic mass is 10.0. The largest absolute Gasteiger partial charge is 0.360 e. The Kier molecular flexibility index (Phi) is 6.58. The van der Waals surface area contributed by atoms with Crippen molar-refractivity contribution < 1.29 is 9.18 Å². The topological polar surface area (TPSA) is 86.5 Å². The number of hydrogen-bond acceptors (Lipinski definition) is 3. The van der Waals surface area contributed by atoms with Crippen LogP contribution in [0.2, 0.25) is 5.02 Å². The number of rotatable bonds is 5. The Morgan fingerprint density at radius 1 is 0.761 bits per heavy atom. The summed E-state index contributed by atoms with van der Waals surface area (Å²) in [5.74, 6) is -0.455. The standard InChI is InChI=1S/C38H27ClFN5O/c1-20-5-3-6-25-28(18-41-35(20)25)33-16-12-24-27(7-4-8-32(24)44-33)38(46)43-17-22-9-13-30(39)37-23(22)11-15-34(45-37)29-19-42-36-21(2)31(40)14-10-26(29)36/h3-16,18-19,41-42H,17H2,1-2H3,(H,43,46). The number of pyridine rings is 2. The van der Waals surface area contributed by atoms with Gasteiger partial charge in [0.05, 0.1) is 33.0 Å². The summed E-state index contributed by atoms with van der Waals surface area (Å²) in [5.41, 5.74) is 9.85. The van der Waals surface area contributed by atoms with Crippen LogP contribution in [-0.4, -0.2) is 25.8 Å². The number of nitrogens with zero attached hydrogens (tertiary/aromatic N) is 2. The van der Waals surface area contributed by atoms with E-state index in [0.717, 1.165) is 66.2 Å². The third-order valence-corrected chi connectivity index (χ3v) is 9.14. The van der Waals surface area contributed by atoms with Crippen LogP contribution in [0.3, 0.4) is 0 Å². The molecule has 0 aliphatic carbocycles. The van der Waals surface area contributed by atoms with Gasteiger partial charge in [0, 0.05) is 68.3 Å². The molecule has 4 heterocycles. The van der Waals surface area contributed by atoms with E-state index in [1.807, 2.05) is 67.0 Å². The number of carbonyl (C=O) groups excluding carboxylic acids is 1. The normalized spacial score (nSPS) is 11.7. The second-order valence-electron chi connectivity index (χ2n) is 11.5. The molecule has 46 heavy (non-hydrogen) atoms. The van der Waals surface area contributed by atoms with Gasteiger partial charge in [0.25, 0.3) is 5.91 Å². The molecule has 224 valence electrons. The summed E-state index contributed by atoms with van der Waals surface area (Å²) < 4.78 is 14.1. The van der Waals surface area contributed by atoms with Gasteiger partial charge in [0.1, 0.15) is 5.82 Å². The fraction of sp³-hybridized carbons (Fsp3) is 0.0789. The molecule has 0 fully saturated rings. The van der Waals surface area contributed by atoms with Crippen molar-refractivity contribution in [3.63, 3.8) is 0 Å². The molecule has 0 spiro atoms. The molecular formula is C38H27ClFN5O. The smallest absolute Gasteiger partial charge is 0.252 e. The number of carbonyl (C=O) groups is 1. The molecule has 8 heteroatoms. The second kappa shape index (κ2) is 10.8. The number of halogens is 2. The molecule has 0 atom stereocenters. The zero-order valence-corrected chi connectivity index (χ0v) is 25.8. The van der Waals surface area contributed by atoms with Crippen molar-refractivity contribution in [2.45, 2.75) is 20.4 Å². The maximum Gasteiger partial charge on any atom is 0.252 e. The predicted octanol–water partition coefficient (Wildman–Crippen LogP) is 9.42. The van der Waals surface area contributed by atoms with E-state index >= 15 is 0 Å². The highest BCUT2D eigenvalue weighted by atomic mass is 35.5. The number of aromatic nitrogens is 4. The van der Waals surface area contributed by atoms with Crippen LogP contribution in [0.15, 0.2) is 97.3 Å². The average Bonchev–Trinajstić information content (AvgIpc) is 3.71. The van der Waals surface area contributed by atoms with Gasteiger partial charge in [-0.2, -0.15) is 0 Å². The fourth-order valence-electron chi connectivity index (χ4n) is 6.37. The molecule has 3 N–H and O–H groups in total. The second-order valence-corrected chi connectivity index (χ2v) is 12.0. The van der Waals surface area contributed by atoms with Crippen LogP contribution in [0.1, 0.15) is 27.0 Å². The van der Waals surface area contributed by atoms with E-state index in [9.17, 15) is 9.18 Å². The Morgan fingerprint density at radius 2 is 1.46 bits per heavy atom.